The monoisotopic (exact) mass is 148 g/mol. The lowest BCUT2D eigenvalue weighted by molar-refractivity contribution is 0.0993. The molecule has 0 saturated heterocycles. The van der Waals surface area contributed by atoms with Crippen LogP contribution < -0.4 is 0 Å². The Morgan fingerprint density at radius 2 is 1.73 bits per heavy atom. The molecule has 0 bridgehead atoms. The molecule has 0 heteroatoms. The quantitative estimate of drug-likeness (QED) is 0.495. The molecule has 0 N–H and O–H groups in total. The average molecular weight is 148 g/mol. The summed E-state index contributed by atoms with van der Waals surface area (Å²) in [5.41, 5.74) is 1.98. The molecule has 4 fully saturated rings. The average Bonchev–Trinajstić information content (AvgIpc) is 2.89. The maximum Gasteiger partial charge on any atom is -0.0170 e. The minimum Gasteiger partial charge on any atom is -0.0527 e. The third-order valence-corrected chi connectivity index (χ3v) is 5.55. The van der Waals surface area contributed by atoms with E-state index in [1.54, 1.807) is 44.9 Å². The van der Waals surface area contributed by atoms with Crippen molar-refractivity contribution in [1.29, 1.82) is 0 Å². The van der Waals surface area contributed by atoms with Gasteiger partial charge >= 0.3 is 0 Å². The summed E-state index contributed by atoms with van der Waals surface area (Å²) < 4.78 is 0. The highest BCUT2D eigenvalue weighted by Gasteiger charge is 2.93. The summed E-state index contributed by atoms with van der Waals surface area (Å²) in [7, 11) is 0. The zero-order valence-corrected chi connectivity index (χ0v) is 7.10. The third-order valence-electron chi connectivity index (χ3n) is 5.55. The fourth-order valence-electron chi connectivity index (χ4n) is 5.32. The van der Waals surface area contributed by atoms with E-state index in [0.29, 0.717) is 0 Å². The lowest BCUT2D eigenvalue weighted by atomic mass is 9.65. The predicted molar refractivity (Wildman–Crippen MR) is 44.2 cm³/mol. The lowest BCUT2D eigenvalue weighted by Gasteiger charge is -2.40. The van der Waals surface area contributed by atoms with E-state index in [1.807, 2.05) is 0 Å². The molecule has 1 spiro atoms. The molecule has 0 aromatic heterocycles. The van der Waals surface area contributed by atoms with Crippen LogP contribution in [0.25, 0.3) is 0 Å². The summed E-state index contributed by atoms with van der Waals surface area (Å²) in [5.74, 6) is 2.52. The van der Waals surface area contributed by atoms with Crippen LogP contribution in [0.4, 0.5) is 0 Å². The van der Waals surface area contributed by atoms with Crippen molar-refractivity contribution in [2.24, 2.45) is 22.7 Å². The van der Waals surface area contributed by atoms with Crippen molar-refractivity contribution in [3.63, 3.8) is 0 Å². The molecule has 0 amide bonds. The van der Waals surface area contributed by atoms with Crippen LogP contribution in [0.5, 0.6) is 0 Å². The Bertz CT molecular complexity index is 212. The molecule has 4 unspecified atom stereocenters. The first-order valence-electron chi connectivity index (χ1n) is 5.42. The number of hydrogen-bond donors (Lipinski definition) is 0. The van der Waals surface area contributed by atoms with Crippen molar-refractivity contribution >= 4 is 0 Å². The molecule has 4 aliphatic rings. The second-order valence-electron chi connectivity index (χ2n) is 5.38. The van der Waals surface area contributed by atoms with Gasteiger partial charge in [0.05, 0.1) is 0 Å². The van der Waals surface area contributed by atoms with E-state index in [0.717, 1.165) is 10.8 Å². The summed E-state index contributed by atoms with van der Waals surface area (Å²) in [6.45, 7) is 0. The van der Waals surface area contributed by atoms with E-state index in [9.17, 15) is 0 Å². The smallest absolute Gasteiger partial charge is 0.0170 e. The number of rotatable bonds is 0. The zero-order chi connectivity index (χ0) is 7.10. The number of fused-ring (bicyclic) bond motifs is 1. The molecule has 4 rings (SSSR count). The van der Waals surface area contributed by atoms with Crippen molar-refractivity contribution in [3.05, 3.63) is 0 Å². The normalized spacial score (nSPS) is 69.8. The molecule has 4 aliphatic carbocycles. The molecule has 4 saturated carbocycles. The first kappa shape index (κ1) is 5.61. The SMILES string of the molecule is C1CCC23C4CCCC2(C1)C43. The van der Waals surface area contributed by atoms with Crippen molar-refractivity contribution in [3.8, 4) is 0 Å². The van der Waals surface area contributed by atoms with Crippen LogP contribution in [-0.2, 0) is 0 Å². The van der Waals surface area contributed by atoms with Crippen LogP contribution in [0.2, 0.25) is 0 Å². The molecular formula is C11H16. The molecule has 11 heavy (non-hydrogen) atoms. The van der Waals surface area contributed by atoms with E-state index in [2.05, 4.69) is 0 Å². The Kier molecular flexibility index (Phi) is 0.661. The van der Waals surface area contributed by atoms with E-state index >= 15 is 0 Å². The molecule has 0 aliphatic heterocycles. The second kappa shape index (κ2) is 1.30. The van der Waals surface area contributed by atoms with Crippen LogP contribution >= 0.6 is 0 Å². The van der Waals surface area contributed by atoms with Crippen LogP contribution in [0, 0.1) is 22.7 Å². The zero-order valence-electron chi connectivity index (χ0n) is 7.10. The van der Waals surface area contributed by atoms with Gasteiger partial charge in [-0.3, -0.25) is 0 Å². The van der Waals surface area contributed by atoms with Gasteiger partial charge in [-0.05, 0) is 48.3 Å². The fraction of sp³-hybridized carbons (Fsp3) is 1.00. The van der Waals surface area contributed by atoms with Crippen molar-refractivity contribution in [2.45, 2.75) is 44.9 Å². The largest absolute Gasteiger partial charge is 0.0527 e. The van der Waals surface area contributed by atoms with Gasteiger partial charge in [-0.25, -0.2) is 0 Å². The first-order chi connectivity index (χ1) is 5.42. The first-order valence-corrected chi connectivity index (χ1v) is 5.42. The van der Waals surface area contributed by atoms with E-state index < -0.39 is 0 Å². The van der Waals surface area contributed by atoms with Crippen LogP contribution in [0.3, 0.4) is 0 Å². The molecule has 0 heterocycles. The molecule has 60 valence electrons. The Hall–Kier alpha value is 0. The lowest BCUT2D eigenvalue weighted by Crippen LogP contribution is -2.30. The van der Waals surface area contributed by atoms with Gasteiger partial charge in [0.25, 0.3) is 0 Å². The summed E-state index contributed by atoms with van der Waals surface area (Å²) in [6, 6.07) is 0. The van der Waals surface area contributed by atoms with Gasteiger partial charge in [0.2, 0.25) is 0 Å². The summed E-state index contributed by atoms with van der Waals surface area (Å²) in [5, 5.41) is 0. The Morgan fingerprint density at radius 1 is 0.909 bits per heavy atom. The standard InChI is InChI=1S/C11H16/c1-2-7-11-8-4-3-6-10(11,5-1)9(8)11/h8-9H,1-7H2. The summed E-state index contributed by atoms with van der Waals surface area (Å²) >= 11 is 0. The molecule has 0 nitrogen and oxygen atoms in total. The van der Waals surface area contributed by atoms with Gasteiger partial charge in [0, 0.05) is 0 Å². The maximum absolute atomic E-state index is 1.63. The van der Waals surface area contributed by atoms with Crippen molar-refractivity contribution in [1.82, 2.24) is 0 Å². The highest BCUT2D eigenvalue weighted by atomic mass is 15.0. The Morgan fingerprint density at radius 3 is 2.64 bits per heavy atom. The third kappa shape index (κ3) is 0.346. The minimum absolute atomic E-state index is 0.980. The Balaban J connectivity index is 1.79. The second-order valence-corrected chi connectivity index (χ2v) is 5.38. The number of hydrogen-bond acceptors (Lipinski definition) is 0. The molecule has 0 aromatic rings. The highest BCUT2D eigenvalue weighted by molar-refractivity contribution is 5.41. The van der Waals surface area contributed by atoms with Gasteiger partial charge in [-0.1, -0.05) is 19.3 Å². The van der Waals surface area contributed by atoms with Crippen molar-refractivity contribution in [2.75, 3.05) is 0 Å². The minimum atomic E-state index is 0.980. The van der Waals surface area contributed by atoms with Gasteiger partial charge in [-0.2, -0.15) is 0 Å². The van der Waals surface area contributed by atoms with Crippen LogP contribution in [0.1, 0.15) is 44.9 Å². The van der Waals surface area contributed by atoms with E-state index in [-0.39, 0.29) is 0 Å². The summed E-state index contributed by atoms with van der Waals surface area (Å²) in [6.07, 6.45) is 11.2. The van der Waals surface area contributed by atoms with Gasteiger partial charge in [0.15, 0.2) is 0 Å². The van der Waals surface area contributed by atoms with Crippen LogP contribution in [-0.4, -0.2) is 0 Å². The maximum atomic E-state index is 1.63. The molecule has 0 radical (unpaired) electrons. The summed E-state index contributed by atoms with van der Waals surface area (Å²) in [4.78, 5) is 0. The van der Waals surface area contributed by atoms with Gasteiger partial charge in [0.1, 0.15) is 0 Å². The Labute approximate surface area is 68.4 Å². The van der Waals surface area contributed by atoms with Gasteiger partial charge < -0.3 is 0 Å². The van der Waals surface area contributed by atoms with Gasteiger partial charge in [-0.15, -0.1) is 0 Å². The predicted octanol–water partition coefficient (Wildman–Crippen LogP) is 2.98. The highest BCUT2D eigenvalue weighted by Crippen LogP contribution is 2.99. The topological polar surface area (TPSA) is 0 Å². The van der Waals surface area contributed by atoms with Crippen LogP contribution in [0.15, 0.2) is 0 Å². The fourth-order valence-corrected chi connectivity index (χ4v) is 5.32. The van der Waals surface area contributed by atoms with Crippen molar-refractivity contribution < 1.29 is 0 Å². The van der Waals surface area contributed by atoms with E-state index in [1.165, 1.54) is 11.8 Å². The molecule has 0 aromatic carbocycles. The molecule has 4 atom stereocenters. The molecular weight excluding hydrogens is 132 g/mol. The van der Waals surface area contributed by atoms with E-state index in [4.69, 9.17) is 0 Å².